The molecule has 1 amide bonds. The first-order valence-electron chi connectivity index (χ1n) is 3.85. The molecule has 0 aliphatic carbocycles. The van der Waals surface area contributed by atoms with E-state index in [2.05, 4.69) is 5.84 Å². The van der Waals surface area contributed by atoms with Gasteiger partial charge in [0.1, 0.15) is 0 Å². The molecule has 0 bridgehead atoms. The van der Waals surface area contributed by atoms with E-state index in [1.807, 2.05) is 0 Å². The second-order valence-corrected chi connectivity index (χ2v) is 4.43. The lowest BCUT2D eigenvalue weighted by Gasteiger charge is -2.01. The predicted octanol–water partition coefficient (Wildman–Crippen LogP) is -1.02. The van der Waals surface area contributed by atoms with Crippen LogP contribution >= 0.6 is 0 Å². The van der Waals surface area contributed by atoms with Crippen molar-refractivity contribution < 1.29 is 18.0 Å². The number of amides is 1. The molecule has 0 radical (unpaired) electrons. The minimum Gasteiger partial charge on any atom is -0.287 e. The van der Waals surface area contributed by atoms with Crippen molar-refractivity contribution in [2.45, 2.75) is 4.90 Å². The third-order valence-electron chi connectivity index (χ3n) is 1.61. The molecule has 3 N–H and O–H groups in total. The first kappa shape index (κ1) is 11.3. The van der Waals surface area contributed by atoms with Gasteiger partial charge < -0.3 is 0 Å². The van der Waals surface area contributed by atoms with E-state index < -0.39 is 20.9 Å². The quantitative estimate of drug-likeness (QED) is 0.277. The number of carbonyl (C=O) groups is 2. The maximum absolute atomic E-state index is 11.5. The van der Waals surface area contributed by atoms with Crippen LogP contribution in [0.15, 0.2) is 35.2 Å². The highest BCUT2D eigenvalue weighted by Crippen LogP contribution is 2.10. The Morgan fingerprint density at radius 1 is 1.13 bits per heavy atom. The normalized spacial score (nSPS) is 10.7. The van der Waals surface area contributed by atoms with Crippen molar-refractivity contribution in [1.29, 1.82) is 0 Å². The SMILES string of the molecule is NNC(=O)C(=O)S(=O)(=O)c1ccccc1. The summed E-state index contributed by atoms with van der Waals surface area (Å²) in [6.07, 6.45) is 0. The highest BCUT2D eigenvalue weighted by Gasteiger charge is 2.30. The van der Waals surface area contributed by atoms with Crippen molar-refractivity contribution >= 4 is 20.9 Å². The Labute approximate surface area is 86.0 Å². The van der Waals surface area contributed by atoms with E-state index in [0.717, 1.165) is 0 Å². The predicted molar refractivity (Wildman–Crippen MR) is 51.0 cm³/mol. The van der Waals surface area contributed by atoms with Crippen LogP contribution in [0.3, 0.4) is 0 Å². The van der Waals surface area contributed by atoms with Gasteiger partial charge in [0.15, 0.2) is 0 Å². The molecule has 0 saturated heterocycles. The molecule has 1 aromatic rings. The van der Waals surface area contributed by atoms with Crippen LogP contribution in [0.5, 0.6) is 0 Å². The van der Waals surface area contributed by atoms with Gasteiger partial charge in [-0.05, 0) is 12.1 Å². The molecule has 0 unspecified atom stereocenters. The Hall–Kier alpha value is -1.73. The lowest BCUT2D eigenvalue weighted by molar-refractivity contribution is -0.133. The zero-order valence-corrected chi connectivity index (χ0v) is 8.32. The summed E-state index contributed by atoms with van der Waals surface area (Å²) in [5.41, 5.74) is 1.47. The van der Waals surface area contributed by atoms with Gasteiger partial charge in [0.05, 0.1) is 4.90 Å². The summed E-state index contributed by atoms with van der Waals surface area (Å²) in [7, 11) is -4.28. The fourth-order valence-electron chi connectivity index (χ4n) is 0.888. The number of hydrogen-bond donors (Lipinski definition) is 2. The number of hydrogen-bond acceptors (Lipinski definition) is 5. The van der Waals surface area contributed by atoms with E-state index in [4.69, 9.17) is 0 Å². The largest absolute Gasteiger partial charge is 0.339 e. The van der Waals surface area contributed by atoms with Gasteiger partial charge in [-0.2, -0.15) is 0 Å². The molecule has 0 aliphatic rings. The average molecular weight is 228 g/mol. The van der Waals surface area contributed by atoms with Gasteiger partial charge in [-0.25, -0.2) is 14.3 Å². The van der Waals surface area contributed by atoms with Crippen LogP contribution in [0.2, 0.25) is 0 Å². The molecule has 80 valence electrons. The van der Waals surface area contributed by atoms with Gasteiger partial charge in [-0.3, -0.25) is 15.0 Å². The van der Waals surface area contributed by atoms with Crippen LogP contribution in [-0.4, -0.2) is 19.4 Å². The second kappa shape index (κ2) is 4.20. The Kier molecular flexibility index (Phi) is 3.17. The second-order valence-electron chi connectivity index (χ2n) is 2.58. The Balaban J connectivity index is 3.16. The maximum Gasteiger partial charge on any atom is 0.339 e. The van der Waals surface area contributed by atoms with Gasteiger partial charge in [0.25, 0.3) is 0 Å². The Bertz CT molecular complexity index is 481. The van der Waals surface area contributed by atoms with Crippen LogP contribution in [0.1, 0.15) is 0 Å². The van der Waals surface area contributed by atoms with Gasteiger partial charge in [-0.15, -0.1) is 0 Å². The monoisotopic (exact) mass is 228 g/mol. The van der Waals surface area contributed by atoms with Crippen LogP contribution in [0, 0.1) is 0 Å². The molecular formula is C8H8N2O4S. The summed E-state index contributed by atoms with van der Waals surface area (Å²) in [4.78, 5) is 21.6. The van der Waals surface area contributed by atoms with Crippen molar-refractivity contribution in [3.05, 3.63) is 30.3 Å². The number of carbonyl (C=O) groups excluding carboxylic acids is 2. The molecule has 0 heterocycles. The highest BCUT2D eigenvalue weighted by molar-refractivity contribution is 8.08. The van der Waals surface area contributed by atoms with Crippen molar-refractivity contribution in [1.82, 2.24) is 5.43 Å². The molecule has 0 saturated carbocycles. The van der Waals surface area contributed by atoms with E-state index in [-0.39, 0.29) is 4.90 Å². The molecule has 15 heavy (non-hydrogen) atoms. The Morgan fingerprint density at radius 2 is 1.67 bits per heavy atom. The number of benzene rings is 1. The first-order valence-corrected chi connectivity index (χ1v) is 5.33. The molecule has 0 aromatic heterocycles. The molecule has 0 spiro atoms. The third kappa shape index (κ3) is 2.20. The van der Waals surface area contributed by atoms with Crippen molar-refractivity contribution in [2.75, 3.05) is 0 Å². The van der Waals surface area contributed by atoms with Gasteiger partial charge >= 0.3 is 11.0 Å². The topological polar surface area (TPSA) is 106 Å². The number of nitrogens with two attached hydrogens (primary N) is 1. The van der Waals surface area contributed by atoms with Crippen molar-refractivity contribution in [3.63, 3.8) is 0 Å². The average Bonchev–Trinajstić information content (AvgIpc) is 2.28. The lowest BCUT2D eigenvalue weighted by atomic mass is 10.4. The van der Waals surface area contributed by atoms with Crippen LogP contribution in [0.25, 0.3) is 0 Å². The lowest BCUT2D eigenvalue weighted by Crippen LogP contribution is -2.39. The van der Waals surface area contributed by atoms with Crippen LogP contribution < -0.4 is 11.3 Å². The van der Waals surface area contributed by atoms with Crippen molar-refractivity contribution in [3.8, 4) is 0 Å². The summed E-state index contributed by atoms with van der Waals surface area (Å²) in [6, 6.07) is 6.92. The summed E-state index contributed by atoms with van der Waals surface area (Å²) >= 11 is 0. The number of nitrogens with one attached hydrogen (secondary N) is 1. The fraction of sp³-hybridized carbons (Fsp3) is 0. The molecule has 6 nitrogen and oxygen atoms in total. The minimum absolute atomic E-state index is 0.237. The summed E-state index contributed by atoms with van der Waals surface area (Å²) in [6.45, 7) is 0. The number of hydrazine groups is 1. The summed E-state index contributed by atoms with van der Waals surface area (Å²) in [5.74, 6) is 3.30. The summed E-state index contributed by atoms with van der Waals surface area (Å²) in [5, 5.41) is -1.57. The highest BCUT2D eigenvalue weighted by atomic mass is 32.2. The zero-order chi connectivity index (χ0) is 11.5. The standard InChI is InChI=1S/C8H8N2O4S/c9-10-7(11)8(12)15(13,14)6-4-2-1-3-5-6/h1-5H,9H2,(H,10,11). The van der Waals surface area contributed by atoms with Crippen molar-refractivity contribution in [2.24, 2.45) is 5.84 Å². The maximum atomic E-state index is 11.5. The summed E-state index contributed by atoms with van der Waals surface area (Å²) < 4.78 is 22.9. The molecule has 1 aromatic carbocycles. The van der Waals surface area contributed by atoms with E-state index in [1.54, 1.807) is 6.07 Å². The van der Waals surface area contributed by atoms with Gasteiger partial charge in [-0.1, -0.05) is 18.2 Å². The number of sulfone groups is 1. The van der Waals surface area contributed by atoms with E-state index in [1.165, 1.54) is 29.7 Å². The van der Waals surface area contributed by atoms with Crippen LogP contribution in [-0.2, 0) is 19.4 Å². The van der Waals surface area contributed by atoms with Crippen LogP contribution in [0.4, 0.5) is 0 Å². The third-order valence-corrected chi connectivity index (χ3v) is 3.18. The van der Waals surface area contributed by atoms with Gasteiger partial charge in [0.2, 0.25) is 9.84 Å². The first-order chi connectivity index (χ1) is 7.00. The van der Waals surface area contributed by atoms with E-state index in [9.17, 15) is 18.0 Å². The van der Waals surface area contributed by atoms with E-state index >= 15 is 0 Å². The molecule has 0 atom stereocenters. The number of rotatable bonds is 1. The fourth-order valence-corrected chi connectivity index (χ4v) is 1.92. The molecule has 1 rings (SSSR count). The smallest absolute Gasteiger partial charge is 0.287 e. The zero-order valence-electron chi connectivity index (χ0n) is 7.51. The van der Waals surface area contributed by atoms with E-state index in [0.29, 0.717) is 0 Å². The van der Waals surface area contributed by atoms with Gasteiger partial charge in [0, 0.05) is 0 Å². The molecule has 0 aliphatic heterocycles. The Morgan fingerprint density at radius 3 is 2.13 bits per heavy atom. The molecule has 7 heteroatoms. The molecule has 0 fully saturated rings. The molecular weight excluding hydrogens is 220 g/mol. The minimum atomic E-state index is -4.28.